The number of nitrogens with zero attached hydrogens (tertiary/aromatic N) is 2. The fourth-order valence-electron chi connectivity index (χ4n) is 1.58. The van der Waals surface area contributed by atoms with Gasteiger partial charge in [-0.3, -0.25) is 9.59 Å². The summed E-state index contributed by atoms with van der Waals surface area (Å²) in [6.07, 6.45) is 0. The zero-order chi connectivity index (χ0) is 16.1. The van der Waals surface area contributed by atoms with Crippen molar-refractivity contribution in [2.24, 2.45) is 0 Å². The van der Waals surface area contributed by atoms with E-state index in [1.165, 1.54) is 16.2 Å². The molecule has 0 atom stereocenters. The molecule has 0 unspecified atom stereocenters. The highest BCUT2D eigenvalue weighted by atomic mass is 32.1. The summed E-state index contributed by atoms with van der Waals surface area (Å²) in [6.45, 7) is -0.559. The molecule has 22 heavy (non-hydrogen) atoms. The number of carbonyl (C=O) groups excluding carboxylic acids is 3. The Labute approximate surface area is 130 Å². The summed E-state index contributed by atoms with van der Waals surface area (Å²) in [5, 5.41) is 2.38. The van der Waals surface area contributed by atoms with Crippen molar-refractivity contribution in [1.82, 2.24) is 15.2 Å². The van der Waals surface area contributed by atoms with E-state index >= 15 is 0 Å². The van der Waals surface area contributed by atoms with E-state index in [-0.39, 0.29) is 12.5 Å². The minimum Gasteiger partial charge on any atom is -0.452 e. The lowest BCUT2D eigenvalue weighted by molar-refractivity contribution is -0.131. The Bertz CT molecular complexity index is 711. The summed E-state index contributed by atoms with van der Waals surface area (Å²) >= 11 is 1.42. The van der Waals surface area contributed by atoms with Gasteiger partial charge >= 0.3 is 5.97 Å². The molecule has 2 rings (SSSR count). The van der Waals surface area contributed by atoms with Gasteiger partial charge < -0.3 is 15.0 Å². The Hall–Kier alpha value is -2.48. The molecule has 0 saturated carbocycles. The first-order valence-corrected chi connectivity index (χ1v) is 7.32. The first-order valence-electron chi connectivity index (χ1n) is 6.44. The molecule has 0 aliphatic rings. The number of hydrogen-bond acceptors (Lipinski definition) is 6. The van der Waals surface area contributed by atoms with Crippen molar-refractivity contribution in [3.8, 4) is 0 Å². The Balaban J connectivity index is 1.84. The predicted octanol–water partition coefficient (Wildman–Crippen LogP) is 0.658. The number of fused-ring (bicyclic) bond motifs is 1. The van der Waals surface area contributed by atoms with Crippen molar-refractivity contribution in [1.29, 1.82) is 0 Å². The number of likely N-dealkylation sites (N-methyl/N-ethyl adjacent to an activating group) is 1. The topological polar surface area (TPSA) is 88.6 Å². The van der Waals surface area contributed by atoms with Gasteiger partial charge in [0, 0.05) is 14.1 Å². The van der Waals surface area contributed by atoms with Gasteiger partial charge in [-0.1, -0.05) is 0 Å². The zero-order valence-electron chi connectivity index (χ0n) is 12.2. The number of aromatic nitrogens is 1. The van der Waals surface area contributed by atoms with Gasteiger partial charge in [-0.05, 0) is 18.2 Å². The molecule has 0 bridgehead atoms. The summed E-state index contributed by atoms with van der Waals surface area (Å²) in [6, 6.07) is 4.99. The van der Waals surface area contributed by atoms with Crippen LogP contribution in [0.1, 0.15) is 10.4 Å². The molecule has 2 aromatic rings. The third-order valence-electron chi connectivity index (χ3n) is 2.84. The molecule has 0 aliphatic heterocycles. The number of amides is 2. The van der Waals surface area contributed by atoms with E-state index < -0.39 is 18.5 Å². The first kappa shape index (κ1) is 15.9. The highest BCUT2D eigenvalue weighted by Crippen LogP contribution is 2.19. The van der Waals surface area contributed by atoms with E-state index in [1.54, 1.807) is 37.8 Å². The Morgan fingerprint density at radius 1 is 1.32 bits per heavy atom. The molecule has 0 saturated heterocycles. The Kier molecular flexibility index (Phi) is 5.05. The molecule has 7 nitrogen and oxygen atoms in total. The normalized spacial score (nSPS) is 10.3. The number of rotatable bonds is 5. The van der Waals surface area contributed by atoms with Gasteiger partial charge in [0.25, 0.3) is 5.91 Å². The van der Waals surface area contributed by atoms with Crippen molar-refractivity contribution in [2.75, 3.05) is 27.2 Å². The quantitative estimate of drug-likeness (QED) is 0.817. The number of ether oxygens (including phenoxy) is 1. The molecule has 0 spiro atoms. The van der Waals surface area contributed by atoms with E-state index in [1.807, 2.05) is 0 Å². The molecule has 8 heteroatoms. The first-order chi connectivity index (χ1) is 10.5. The van der Waals surface area contributed by atoms with Crippen molar-refractivity contribution >= 4 is 39.3 Å². The highest BCUT2D eigenvalue weighted by Gasteiger charge is 2.12. The molecule has 0 aliphatic carbocycles. The van der Waals surface area contributed by atoms with Crippen molar-refractivity contribution in [3.63, 3.8) is 0 Å². The lowest BCUT2D eigenvalue weighted by Gasteiger charge is -2.11. The molecular formula is C14H15N3O4S. The number of thiazole rings is 1. The average molecular weight is 321 g/mol. The van der Waals surface area contributed by atoms with E-state index in [0.717, 1.165) is 10.2 Å². The monoisotopic (exact) mass is 321 g/mol. The van der Waals surface area contributed by atoms with Crippen LogP contribution in [0.2, 0.25) is 0 Å². The van der Waals surface area contributed by atoms with E-state index in [4.69, 9.17) is 4.74 Å². The highest BCUT2D eigenvalue weighted by molar-refractivity contribution is 7.16. The summed E-state index contributed by atoms with van der Waals surface area (Å²) in [5.41, 5.74) is 2.85. The lowest BCUT2D eigenvalue weighted by atomic mass is 10.2. The van der Waals surface area contributed by atoms with E-state index in [9.17, 15) is 14.4 Å². The van der Waals surface area contributed by atoms with Gasteiger partial charge in [0.2, 0.25) is 5.91 Å². The lowest BCUT2D eigenvalue weighted by Crippen LogP contribution is -2.38. The summed E-state index contributed by atoms with van der Waals surface area (Å²) < 4.78 is 5.79. The predicted molar refractivity (Wildman–Crippen MR) is 81.6 cm³/mol. The third kappa shape index (κ3) is 4.01. The van der Waals surface area contributed by atoms with Crippen LogP contribution in [0.25, 0.3) is 10.2 Å². The van der Waals surface area contributed by atoms with Crippen LogP contribution in [0.3, 0.4) is 0 Å². The van der Waals surface area contributed by atoms with Gasteiger partial charge in [-0.15, -0.1) is 11.3 Å². The second-order valence-electron chi connectivity index (χ2n) is 4.68. The van der Waals surface area contributed by atoms with Crippen molar-refractivity contribution in [2.45, 2.75) is 0 Å². The van der Waals surface area contributed by atoms with Crippen LogP contribution >= 0.6 is 11.3 Å². The van der Waals surface area contributed by atoms with Crippen LogP contribution in [0.4, 0.5) is 0 Å². The Morgan fingerprint density at radius 3 is 2.82 bits per heavy atom. The van der Waals surface area contributed by atoms with Crippen LogP contribution in [0, 0.1) is 0 Å². The molecule has 2 amide bonds. The number of nitrogens with one attached hydrogen (secondary N) is 1. The summed E-state index contributed by atoms with van der Waals surface area (Å²) in [5.74, 6) is -1.36. The van der Waals surface area contributed by atoms with Crippen LogP contribution in [-0.4, -0.2) is 54.9 Å². The SMILES string of the molecule is CN(C)C(=O)CNC(=O)COC(=O)c1ccc2ncsc2c1. The van der Waals surface area contributed by atoms with Gasteiger partial charge in [0.1, 0.15) is 0 Å². The molecular weight excluding hydrogens is 306 g/mol. The smallest absolute Gasteiger partial charge is 0.338 e. The standard InChI is InChI=1S/C14H15N3O4S/c1-17(2)13(19)6-15-12(18)7-21-14(20)9-3-4-10-11(5-9)22-8-16-10/h3-5,8H,6-7H2,1-2H3,(H,15,18). The number of hydrogen-bond donors (Lipinski definition) is 1. The van der Waals surface area contributed by atoms with Crippen molar-refractivity contribution < 1.29 is 19.1 Å². The zero-order valence-corrected chi connectivity index (χ0v) is 13.0. The molecule has 0 radical (unpaired) electrons. The maximum atomic E-state index is 11.9. The Morgan fingerprint density at radius 2 is 2.09 bits per heavy atom. The van der Waals surface area contributed by atoms with Crippen molar-refractivity contribution in [3.05, 3.63) is 29.3 Å². The summed E-state index contributed by atoms with van der Waals surface area (Å²) in [4.78, 5) is 40.2. The van der Waals surface area contributed by atoms with Gasteiger partial charge in [0.15, 0.2) is 6.61 Å². The van der Waals surface area contributed by atoms with E-state index in [0.29, 0.717) is 5.56 Å². The molecule has 116 valence electrons. The molecule has 1 N–H and O–H groups in total. The van der Waals surface area contributed by atoms with Crippen LogP contribution in [0.15, 0.2) is 23.7 Å². The minimum atomic E-state index is -0.593. The van der Waals surface area contributed by atoms with Crippen LogP contribution < -0.4 is 5.32 Å². The largest absolute Gasteiger partial charge is 0.452 e. The summed E-state index contributed by atoms with van der Waals surface area (Å²) in [7, 11) is 3.17. The minimum absolute atomic E-state index is 0.129. The van der Waals surface area contributed by atoms with Crippen LogP contribution in [-0.2, 0) is 14.3 Å². The molecule has 1 aromatic heterocycles. The maximum Gasteiger partial charge on any atom is 0.338 e. The average Bonchev–Trinajstić information content (AvgIpc) is 2.97. The van der Waals surface area contributed by atoms with Gasteiger partial charge in [-0.25, -0.2) is 9.78 Å². The fourth-order valence-corrected chi connectivity index (χ4v) is 2.30. The fraction of sp³-hybridized carbons (Fsp3) is 0.286. The maximum absolute atomic E-state index is 11.9. The van der Waals surface area contributed by atoms with Crippen LogP contribution in [0.5, 0.6) is 0 Å². The van der Waals surface area contributed by atoms with E-state index in [2.05, 4.69) is 10.3 Å². The number of carbonyl (C=O) groups is 3. The molecule has 0 fully saturated rings. The second-order valence-corrected chi connectivity index (χ2v) is 5.56. The molecule has 1 aromatic carbocycles. The van der Waals surface area contributed by atoms with Gasteiger partial charge in [-0.2, -0.15) is 0 Å². The number of benzene rings is 1. The number of esters is 1. The second kappa shape index (κ2) is 6.99. The van der Waals surface area contributed by atoms with Gasteiger partial charge in [0.05, 0.1) is 27.8 Å². The third-order valence-corrected chi connectivity index (χ3v) is 3.63. The molecule has 1 heterocycles.